The van der Waals surface area contributed by atoms with Crippen LogP contribution in [0.25, 0.3) is 16.6 Å². The number of aliphatic hydroxyl groups excluding tert-OH is 1. The Bertz CT molecular complexity index is 913. The predicted molar refractivity (Wildman–Crippen MR) is 96.7 cm³/mol. The molecule has 0 aliphatic rings. The van der Waals surface area contributed by atoms with Crippen molar-refractivity contribution in [2.24, 2.45) is 5.73 Å². The summed E-state index contributed by atoms with van der Waals surface area (Å²) in [7, 11) is 0. The fraction of sp³-hybridized carbons (Fsp3) is 0.176. The first-order valence-corrected chi connectivity index (χ1v) is 7.41. The van der Waals surface area contributed by atoms with Crippen LogP contribution in [0.4, 0.5) is 10.1 Å². The molecule has 3 rings (SSSR count). The van der Waals surface area contributed by atoms with Crippen LogP contribution in [0, 0.1) is 12.7 Å². The number of benzene rings is 2. The van der Waals surface area contributed by atoms with Crippen molar-refractivity contribution in [1.29, 1.82) is 0 Å². The number of nitrogens with zero attached hydrogens (tertiary/aromatic N) is 2. The normalized spacial score (nSPS) is 11.8. The fourth-order valence-electron chi connectivity index (χ4n) is 2.42. The molecule has 0 aliphatic heterocycles. The molecule has 6 nitrogen and oxygen atoms in total. The summed E-state index contributed by atoms with van der Waals surface area (Å²) in [6.07, 6.45) is 1.56. The van der Waals surface area contributed by atoms with Gasteiger partial charge in [0.05, 0.1) is 29.7 Å². The monoisotopic (exact) mass is 364 g/mol. The molecular weight excluding hydrogens is 347 g/mol. The first-order chi connectivity index (χ1) is 11.5. The molecule has 0 saturated heterocycles. The first-order valence-electron chi connectivity index (χ1n) is 7.41. The summed E-state index contributed by atoms with van der Waals surface area (Å²) < 4.78 is 15.8. The van der Waals surface area contributed by atoms with Crippen LogP contribution in [0.5, 0.6) is 0 Å². The second-order valence-corrected chi connectivity index (χ2v) is 5.56. The van der Waals surface area contributed by atoms with E-state index >= 15 is 0 Å². The summed E-state index contributed by atoms with van der Waals surface area (Å²) in [4.78, 5) is 11.8. The van der Waals surface area contributed by atoms with Crippen LogP contribution in [0.15, 0.2) is 42.6 Å². The minimum Gasteiger partial charge on any atom is -0.394 e. The molecule has 0 saturated carbocycles. The molecule has 4 N–H and O–H groups in total. The maximum Gasteiger partial charge on any atom is 0.243 e. The van der Waals surface area contributed by atoms with Gasteiger partial charge in [-0.3, -0.25) is 4.79 Å². The Kier molecular flexibility index (Phi) is 5.73. The number of fused-ring (bicyclic) bond motifs is 1. The number of hydrogen-bond acceptors (Lipinski definition) is 4. The number of aliphatic hydroxyl groups is 1. The van der Waals surface area contributed by atoms with Crippen molar-refractivity contribution in [2.45, 2.75) is 13.0 Å². The highest BCUT2D eigenvalue weighted by atomic mass is 35.5. The Balaban J connectivity index is 0.00000225. The van der Waals surface area contributed by atoms with E-state index in [4.69, 9.17) is 10.8 Å². The van der Waals surface area contributed by atoms with E-state index in [0.717, 1.165) is 11.3 Å². The number of amides is 1. The van der Waals surface area contributed by atoms with Gasteiger partial charge in [-0.15, -0.1) is 12.4 Å². The number of nitrogens with one attached hydrogen (secondary N) is 1. The number of carbonyl (C=O) groups excluding carboxylic acids is 1. The Morgan fingerprint density at radius 3 is 2.84 bits per heavy atom. The average molecular weight is 365 g/mol. The van der Waals surface area contributed by atoms with Crippen molar-refractivity contribution in [3.05, 3.63) is 54.0 Å². The third-order valence-corrected chi connectivity index (χ3v) is 3.69. The van der Waals surface area contributed by atoms with Crippen LogP contribution in [0.1, 0.15) is 5.56 Å². The zero-order valence-electron chi connectivity index (χ0n) is 13.4. The number of aryl methyl sites for hydroxylation is 1. The first kappa shape index (κ1) is 18.9. The van der Waals surface area contributed by atoms with Crippen molar-refractivity contribution < 1.29 is 14.3 Å². The van der Waals surface area contributed by atoms with Gasteiger partial charge in [0.15, 0.2) is 0 Å². The molecule has 0 aliphatic carbocycles. The van der Waals surface area contributed by atoms with Crippen LogP contribution in [-0.4, -0.2) is 33.4 Å². The number of nitrogens with two attached hydrogens (primary N) is 1. The number of aromatic nitrogens is 2. The lowest BCUT2D eigenvalue weighted by molar-refractivity contribution is -0.118. The van der Waals surface area contributed by atoms with E-state index in [1.54, 1.807) is 10.9 Å². The molecule has 25 heavy (non-hydrogen) atoms. The summed E-state index contributed by atoms with van der Waals surface area (Å²) in [5.74, 6) is -1.25. The Hall–Kier alpha value is -2.48. The Morgan fingerprint density at radius 2 is 2.16 bits per heavy atom. The van der Waals surface area contributed by atoms with E-state index in [1.165, 1.54) is 12.1 Å². The molecule has 1 aromatic heterocycles. The number of hydrogen-bond donors (Lipinski definition) is 3. The third kappa shape index (κ3) is 3.79. The third-order valence-electron chi connectivity index (χ3n) is 3.69. The van der Waals surface area contributed by atoms with Gasteiger partial charge in [-0.05, 0) is 36.8 Å². The lowest BCUT2D eigenvalue weighted by Crippen LogP contribution is -2.38. The van der Waals surface area contributed by atoms with E-state index < -0.39 is 24.4 Å². The number of halogens is 2. The van der Waals surface area contributed by atoms with Gasteiger partial charge in [-0.25, -0.2) is 9.07 Å². The molecule has 132 valence electrons. The molecule has 0 bridgehead atoms. The Labute approximate surface area is 149 Å². The minimum atomic E-state index is -1.11. The quantitative estimate of drug-likeness (QED) is 0.661. The largest absolute Gasteiger partial charge is 0.394 e. The molecule has 1 heterocycles. The van der Waals surface area contributed by atoms with Gasteiger partial charge < -0.3 is 16.2 Å². The zero-order valence-corrected chi connectivity index (χ0v) is 14.3. The van der Waals surface area contributed by atoms with Crippen LogP contribution < -0.4 is 11.1 Å². The van der Waals surface area contributed by atoms with Crippen LogP contribution in [0.3, 0.4) is 0 Å². The molecule has 0 unspecified atom stereocenters. The zero-order chi connectivity index (χ0) is 17.3. The molecule has 3 aromatic rings. The van der Waals surface area contributed by atoms with Crippen LogP contribution in [0.2, 0.25) is 0 Å². The fourth-order valence-corrected chi connectivity index (χ4v) is 2.42. The topological polar surface area (TPSA) is 93.2 Å². The molecule has 8 heteroatoms. The van der Waals surface area contributed by atoms with E-state index in [-0.39, 0.29) is 18.1 Å². The SMILES string of the molecule is Cc1cccc(-n2ncc3cc(F)c(NC(=O)[C@@H](N)CO)cc32)c1.Cl. The molecular formula is C17H18ClFN4O2. The molecule has 2 aromatic carbocycles. The van der Waals surface area contributed by atoms with Crippen molar-refractivity contribution >= 4 is 34.9 Å². The second-order valence-electron chi connectivity index (χ2n) is 5.56. The van der Waals surface area contributed by atoms with Crippen LogP contribution in [-0.2, 0) is 4.79 Å². The number of anilines is 1. The summed E-state index contributed by atoms with van der Waals surface area (Å²) in [5.41, 5.74) is 7.99. The van der Waals surface area contributed by atoms with Gasteiger partial charge in [-0.1, -0.05) is 12.1 Å². The van der Waals surface area contributed by atoms with Gasteiger partial charge in [0.2, 0.25) is 5.91 Å². The summed E-state index contributed by atoms with van der Waals surface area (Å²) in [5, 5.41) is 16.2. The summed E-state index contributed by atoms with van der Waals surface area (Å²) >= 11 is 0. The van der Waals surface area contributed by atoms with Crippen molar-refractivity contribution in [1.82, 2.24) is 9.78 Å². The standard InChI is InChI=1S/C17H17FN4O2.ClH/c1-10-3-2-4-12(5-10)22-16-7-15(21-17(24)14(19)9-23)13(18)6-11(16)8-20-22;/h2-8,14,23H,9,19H2,1H3,(H,21,24);1H/t14-;/m0./s1. The van der Waals surface area contributed by atoms with E-state index in [9.17, 15) is 9.18 Å². The highest BCUT2D eigenvalue weighted by Gasteiger charge is 2.16. The number of carbonyl (C=O) groups is 1. The maximum atomic E-state index is 14.2. The summed E-state index contributed by atoms with van der Waals surface area (Å²) in [6, 6.07) is 9.41. The molecule has 1 amide bonds. The highest BCUT2D eigenvalue weighted by molar-refractivity contribution is 5.97. The van der Waals surface area contributed by atoms with E-state index in [0.29, 0.717) is 10.9 Å². The van der Waals surface area contributed by atoms with Crippen molar-refractivity contribution in [2.75, 3.05) is 11.9 Å². The molecule has 1 atom stereocenters. The average Bonchev–Trinajstić information content (AvgIpc) is 2.97. The smallest absolute Gasteiger partial charge is 0.243 e. The van der Waals surface area contributed by atoms with Gasteiger partial charge in [0.1, 0.15) is 11.9 Å². The maximum absolute atomic E-state index is 14.2. The second kappa shape index (κ2) is 7.60. The molecule has 0 spiro atoms. The van der Waals surface area contributed by atoms with Gasteiger partial charge in [0.25, 0.3) is 0 Å². The minimum absolute atomic E-state index is 0. The van der Waals surface area contributed by atoms with E-state index in [1.807, 2.05) is 31.2 Å². The van der Waals surface area contributed by atoms with Gasteiger partial charge in [-0.2, -0.15) is 5.10 Å². The lowest BCUT2D eigenvalue weighted by Gasteiger charge is -2.11. The Morgan fingerprint density at radius 1 is 1.40 bits per heavy atom. The predicted octanol–water partition coefficient (Wildman–Crippen LogP) is 2.15. The number of rotatable bonds is 4. The molecule has 0 fully saturated rings. The van der Waals surface area contributed by atoms with Gasteiger partial charge >= 0.3 is 0 Å². The van der Waals surface area contributed by atoms with E-state index in [2.05, 4.69) is 10.4 Å². The molecule has 0 radical (unpaired) electrons. The van der Waals surface area contributed by atoms with Crippen molar-refractivity contribution in [3.63, 3.8) is 0 Å². The van der Waals surface area contributed by atoms with Crippen molar-refractivity contribution in [3.8, 4) is 5.69 Å². The van der Waals surface area contributed by atoms with Crippen LogP contribution >= 0.6 is 12.4 Å². The summed E-state index contributed by atoms with van der Waals surface area (Å²) in [6.45, 7) is 1.45. The van der Waals surface area contributed by atoms with Gasteiger partial charge in [0, 0.05) is 5.39 Å². The lowest BCUT2D eigenvalue weighted by atomic mass is 10.2. The highest BCUT2D eigenvalue weighted by Crippen LogP contribution is 2.25.